The molecule has 1 aromatic heterocycles. The first kappa shape index (κ1) is 16.7. The van der Waals surface area contributed by atoms with E-state index in [1.165, 1.54) is 6.92 Å². The molecule has 0 saturated carbocycles. The maximum Gasteiger partial charge on any atom is 0.336 e. The highest BCUT2D eigenvalue weighted by Gasteiger charge is 2.23. The van der Waals surface area contributed by atoms with Crippen molar-refractivity contribution in [1.82, 2.24) is 4.90 Å². The van der Waals surface area contributed by atoms with Crippen molar-refractivity contribution in [2.45, 2.75) is 39.5 Å². The highest BCUT2D eigenvalue weighted by atomic mass is 16.5. The first-order chi connectivity index (χ1) is 11.4. The molecule has 3 rings (SSSR count). The van der Waals surface area contributed by atoms with Gasteiger partial charge in [0.2, 0.25) is 5.91 Å². The van der Waals surface area contributed by atoms with Crippen LogP contribution in [-0.4, -0.2) is 36.1 Å². The molecule has 2 unspecified atom stereocenters. The van der Waals surface area contributed by atoms with Gasteiger partial charge < -0.3 is 14.5 Å². The Labute approximate surface area is 140 Å². The first-order valence-corrected chi connectivity index (χ1v) is 8.13. The fraction of sp³-hybridized carbons (Fsp3) is 0.444. The second-order valence-corrected chi connectivity index (χ2v) is 6.43. The van der Waals surface area contributed by atoms with E-state index in [4.69, 9.17) is 9.15 Å². The van der Waals surface area contributed by atoms with Crippen molar-refractivity contribution in [2.75, 3.05) is 18.4 Å². The summed E-state index contributed by atoms with van der Waals surface area (Å²) in [5.74, 6) is -0.163. The lowest BCUT2D eigenvalue weighted by molar-refractivity contribution is -0.114. The Morgan fingerprint density at radius 2 is 1.96 bits per heavy atom. The molecule has 2 atom stereocenters. The molecule has 0 radical (unpaired) electrons. The predicted molar refractivity (Wildman–Crippen MR) is 92.1 cm³/mol. The van der Waals surface area contributed by atoms with Gasteiger partial charge in [0.15, 0.2) is 0 Å². The summed E-state index contributed by atoms with van der Waals surface area (Å²) in [4.78, 5) is 25.4. The third-order valence-corrected chi connectivity index (χ3v) is 4.04. The number of hydrogen-bond acceptors (Lipinski definition) is 5. The third kappa shape index (κ3) is 3.83. The molecule has 1 aliphatic rings. The van der Waals surface area contributed by atoms with Crippen LogP contribution in [0.4, 0.5) is 5.69 Å². The zero-order valence-electron chi connectivity index (χ0n) is 14.2. The van der Waals surface area contributed by atoms with E-state index in [0.29, 0.717) is 17.8 Å². The lowest BCUT2D eigenvalue weighted by Crippen LogP contribution is -2.44. The molecule has 2 heterocycles. The average Bonchev–Trinajstić information content (AvgIpc) is 2.44. The maximum absolute atomic E-state index is 11.9. The second kappa shape index (κ2) is 6.75. The molecule has 6 heteroatoms. The quantitative estimate of drug-likeness (QED) is 0.875. The van der Waals surface area contributed by atoms with E-state index in [1.54, 1.807) is 12.1 Å². The summed E-state index contributed by atoms with van der Waals surface area (Å²) in [6.07, 6.45) is 0.345. The molecule has 128 valence electrons. The predicted octanol–water partition coefficient (Wildman–Crippen LogP) is 2.36. The molecule has 24 heavy (non-hydrogen) atoms. The van der Waals surface area contributed by atoms with Crippen LogP contribution in [-0.2, 0) is 16.1 Å². The van der Waals surface area contributed by atoms with Crippen LogP contribution < -0.4 is 10.9 Å². The number of carbonyl (C=O) groups is 1. The van der Waals surface area contributed by atoms with Crippen LogP contribution >= 0.6 is 0 Å². The van der Waals surface area contributed by atoms with E-state index in [2.05, 4.69) is 24.1 Å². The van der Waals surface area contributed by atoms with Crippen LogP contribution in [0.2, 0.25) is 0 Å². The summed E-state index contributed by atoms with van der Waals surface area (Å²) >= 11 is 0. The van der Waals surface area contributed by atoms with Crippen molar-refractivity contribution in [1.29, 1.82) is 0 Å². The summed E-state index contributed by atoms with van der Waals surface area (Å²) in [5, 5.41) is 3.59. The minimum absolute atomic E-state index is 0.163. The van der Waals surface area contributed by atoms with Gasteiger partial charge in [-0.3, -0.25) is 9.69 Å². The normalized spacial score (nSPS) is 21.8. The number of fused-ring (bicyclic) bond motifs is 1. The number of rotatable bonds is 3. The Morgan fingerprint density at radius 3 is 2.62 bits per heavy atom. The topological polar surface area (TPSA) is 71.8 Å². The molecule has 0 spiro atoms. The number of ether oxygens (including phenoxy) is 1. The van der Waals surface area contributed by atoms with Crippen molar-refractivity contribution in [2.24, 2.45) is 0 Å². The number of hydrogen-bond donors (Lipinski definition) is 1. The molecule has 2 aromatic rings. The zero-order valence-corrected chi connectivity index (χ0v) is 14.2. The number of nitrogens with one attached hydrogen (secondary N) is 1. The lowest BCUT2D eigenvalue weighted by atomic mass is 10.1. The van der Waals surface area contributed by atoms with Gasteiger partial charge in [-0.15, -0.1) is 0 Å². The monoisotopic (exact) mass is 330 g/mol. The standard InChI is InChI=1S/C18H22N2O4/c1-11-8-20(9-12(2)23-11)10-14-6-18(22)24-17-7-15(19-13(3)21)4-5-16(14)17/h4-7,11-12H,8-10H2,1-3H3,(H,19,21). The van der Waals surface area contributed by atoms with Gasteiger partial charge in [-0.05, 0) is 31.5 Å². The molecule has 6 nitrogen and oxygen atoms in total. The number of morpholine rings is 1. The molecule has 1 N–H and O–H groups in total. The van der Waals surface area contributed by atoms with E-state index < -0.39 is 0 Å². The second-order valence-electron chi connectivity index (χ2n) is 6.43. The number of carbonyl (C=O) groups excluding carboxylic acids is 1. The van der Waals surface area contributed by atoms with Crippen LogP contribution in [0, 0.1) is 0 Å². The largest absolute Gasteiger partial charge is 0.423 e. The van der Waals surface area contributed by atoms with Crippen LogP contribution in [0.3, 0.4) is 0 Å². The van der Waals surface area contributed by atoms with Gasteiger partial charge in [0, 0.05) is 49.8 Å². The fourth-order valence-electron chi connectivity index (χ4n) is 3.30. The zero-order chi connectivity index (χ0) is 17.3. The minimum Gasteiger partial charge on any atom is -0.423 e. The van der Waals surface area contributed by atoms with Crippen molar-refractivity contribution in [3.63, 3.8) is 0 Å². The van der Waals surface area contributed by atoms with Gasteiger partial charge >= 0.3 is 5.63 Å². The Morgan fingerprint density at radius 1 is 1.25 bits per heavy atom. The molecule has 1 aromatic carbocycles. The summed E-state index contributed by atoms with van der Waals surface area (Å²) in [5.41, 5.74) is 1.64. The smallest absolute Gasteiger partial charge is 0.336 e. The SMILES string of the molecule is CC(=O)Nc1ccc2c(CN3CC(C)OC(C)C3)cc(=O)oc2c1. The third-order valence-electron chi connectivity index (χ3n) is 4.04. The van der Waals surface area contributed by atoms with Gasteiger partial charge in [0.1, 0.15) is 5.58 Å². The van der Waals surface area contributed by atoms with Crippen LogP contribution in [0.1, 0.15) is 26.3 Å². The van der Waals surface area contributed by atoms with E-state index >= 15 is 0 Å². The lowest BCUT2D eigenvalue weighted by Gasteiger charge is -2.35. The first-order valence-electron chi connectivity index (χ1n) is 8.13. The molecule has 1 fully saturated rings. The van der Waals surface area contributed by atoms with E-state index in [-0.39, 0.29) is 23.7 Å². The van der Waals surface area contributed by atoms with E-state index in [0.717, 1.165) is 24.0 Å². The molecule has 0 bridgehead atoms. The van der Waals surface area contributed by atoms with E-state index in [9.17, 15) is 9.59 Å². The Bertz CT molecular complexity index is 804. The number of benzene rings is 1. The number of anilines is 1. The summed E-state index contributed by atoms with van der Waals surface area (Å²) in [6, 6.07) is 6.93. The van der Waals surface area contributed by atoms with Gasteiger partial charge in [-0.1, -0.05) is 0 Å². The number of amides is 1. The molecular weight excluding hydrogens is 308 g/mol. The highest BCUT2D eigenvalue weighted by molar-refractivity contribution is 5.92. The van der Waals surface area contributed by atoms with Crippen molar-refractivity contribution in [3.8, 4) is 0 Å². The molecule has 0 aliphatic carbocycles. The number of nitrogens with zero attached hydrogens (tertiary/aromatic N) is 1. The fourth-order valence-corrected chi connectivity index (χ4v) is 3.30. The summed E-state index contributed by atoms with van der Waals surface area (Å²) in [6.45, 7) is 7.88. The van der Waals surface area contributed by atoms with Gasteiger partial charge in [0.25, 0.3) is 0 Å². The van der Waals surface area contributed by atoms with Crippen molar-refractivity contribution >= 4 is 22.6 Å². The Balaban J connectivity index is 1.92. The molecule has 1 amide bonds. The highest BCUT2D eigenvalue weighted by Crippen LogP contribution is 2.23. The van der Waals surface area contributed by atoms with E-state index in [1.807, 2.05) is 12.1 Å². The maximum atomic E-state index is 11.9. The summed E-state index contributed by atoms with van der Waals surface area (Å²) < 4.78 is 11.1. The van der Waals surface area contributed by atoms with Crippen LogP contribution in [0.5, 0.6) is 0 Å². The van der Waals surface area contributed by atoms with Crippen molar-refractivity contribution < 1.29 is 13.9 Å². The van der Waals surface area contributed by atoms with Crippen molar-refractivity contribution in [3.05, 3.63) is 40.2 Å². The molecule has 1 aliphatic heterocycles. The minimum atomic E-state index is -0.383. The van der Waals surface area contributed by atoms with Crippen LogP contribution in [0.25, 0.3) is 11.0 Å². The Kier molecular flexibility index (Phi) is 4.69. The molecular formula is C18H22N2O4. The van der Waals surface area contributed by atoms with Gasteiger partial charge in [0.05, 0.1) is 12.2 Å². The van der Waals surface area contributed by atoms with Gasteiger partial charge in [-0.25, -0.2) is 4.79 Å². The van der Waals surface area contributed by atoms with Crippen LogP contribution in [0.15, 0.2) is 33.5 Å². The molecule has 1 saturated heterocycles. The average molecular weight is 330 g/mol. The van der Waals surface area contributed by atoms with Gasteiger partial charge in [-0.2, -0.15) is 0 Å². The Hall–Kier alpha value is -2.18. The summed E-state index contributed by atoms with van der Waals surface area (Å²) in [7, 11) is 0.